The Bertz CT molecular complexity index is 1130. The molecule has 1 amide bonds. The molecule has 7 nitrogen and oxygen atoms in total. The van der Waals surface area contributed by atoms with Crippen LogP contribution in [0.4, 0.5) is 5.82 Å². The molecule has 0 bridgehead atoms. The van der Waals surface area contributed by atoms with E-state index < -0.39 is 0 Å². The zero-order valence-electron chi connectivity index (χ0n) is 17.5. The maximum absolute atomic E-state index is 12.5. The number of carbonyl (C=O) groups is 1. The van der Waals surface area contributed by atoms with Gasteiger partial charge in [-0.3, -0.25) is 4.79 Å². The second kappa shape index (κ2) is 8.15. The summed E-state index contributed by atoms with van der Waals surface area (Å²) in [5.41, 5.74) is 2.56. The monoisotopic (exact) mass is 418 g/mol. The molecule has 2 aliphatic rings. The van der Waals surface area contributed by atoms with Crippen LogP contribution in [0.15, 0.2) is 42.5 Å². The number of aromatic hydroxyl groups is 1. The largest absolute Gasteiger partial charge is 0.507 e. The molecule has 2 atom stereocenters. The highest BCUT2D eigenvalue weighted by Crippen LogP contribution is 2.33. The molecule has 0 radical (unpaired) electrons. The van der Waals surface area contributed by atoms with E-state index in [1.165, 1.54) is 0 Å². The average molecular weight is 418 g/mol. The van der Waals surface area contributed by atoms with Crippen molar-refractivity contribution >= 4 is 22.6 Å². The number of carbonyl (C=O) groups excluding carboxylic acids is 1. The van der Waals surface area contributed by atoms with Crippen LogP contribution in [-0.4, -0.2) is 52.8 Å². The predicted octanol–water partition coefficient (Wildman–Crippen LogP) is 3.18. The number of nitrogens with zero attached hydrogens (tertiary/aromatic N) is 3. The van der Waals surface area contributed by atoms with Crippen LogP contribution in [0.2, 0.25) is 0 Å². The molecule has 3 heterocycles. The first-order valence-electron chi connectivity index (χ1n) is 10.8. The van der Waals surface area contributed by atoms with E-state index in [1.54, 1.807) is 12.1 Å². The van der Waals surface area contributed by atoms with Crippen LogP contribution < -0.4 is 10.2 Å². The number of aromatic nitrogens is 2. The number of hydrogen-bond acceptors (Lipinski definition) is 6. The van der Waals surface area contributed by atoms with E-state index in [9.17, 15) is 9.90 Å². The molecule has 1 aromatic heterocycles. The lowest BCUT2D eigenvalue weighted by Crippen LogP contribution is -2.42. The Morgan fingerprint density at radius 1 is 1.19 bits per heavy atom. The Kier molecular flexibility index (Phi) is 5.19. The predicted molar refractivity (Wildman–Crippen MR) is 119 cm³/mol. The lowest BCUT2D eigenvalue weighted by atomic mass is 10.1. The number of phenolic OH excluding ortho intramolecular Hbond substituents is 1. The van der Waals surface area contributed by atoms with Crippen molar-refractivity contribution in [3.05, 3.63) is 48.0 Å². The van der Waals surface area contributed by atoms with E-state index in [2.05, 4.69) is 16.3 Å². The van der Waals surface area contributed by atoms with Gasteiger partial charge in [-0.2, -0.15) is 0 Å². The van der Waals surface area contributed by atoms with E-state index in [1.807, 2.05) is 31.2 Å². The molecule has 0 aliphatic carbocycles. The number of para-hydroxylation sites is 1. The fourth-order valence-electron chi connectivity index (χ4n) is 4.40. The SMILES string of the molecule is Cc1ccc2c(N3CC[C@H](NC(=O)[C@H]4CCCO4)C3)nc(-c3ccccc3O)nc2c1. The van der Waals surface area contributed by atoms with Gasteiger partial charge < -0.3 is 20.1 Å². The number of anilines is 1. The first-order valence-corrected chi connectivity index (χ1v) is 10.8. The molecule has 2 fully saturated rings. The fourth-order valence-corrected chi connectivity index (χ4v) is 4.40. The molecule has 31 heavy (non-hydrogen) atoms. The van der Waals surface area contributed by atoms with Crippen molar-refractivity contribution in [1.82, 2.24) is 15.3 Å². The van der Waals surface area contributed by atoms with Gasteiger partial charge in [0.25, 0.3) is 0 Å². The van der Waals surface area contributed by atoms with Crippen LogP contribution in [0.5, 0.6) is 5.75 Å². The highest BCUT2D eigenvalue weighted by atomic mass is 16.5. The number of aryl methyl sites for hydroxylation is 1. The van der Waals surface area contributed by atoms with E-state index >= 15 is 0 Å². The maximum Gasteiger partial charge on any atom is 0.249 e. The Morgan fingerprint density at radius 3 is 2.87 bits per heavy atom. The summed E-state index contributed by atoms with van der Waals surface area (Å²) in [4.78, 5) is 24.2. The minimum absolute atomic E-state index is 0.0117. The summed E-state index contributed by atoms with van der Waals surface area (Å²) in [7, 11) is 0. The molecule has 2 aromatic carbocycles. The van der Waals surface area contributed by atoms with E-state index in [0.717, 1.165) is 48.1 Å². The lowest BCUT2D eigenvalue weighted by molar-refractivity contribution is -0.130. The van der Waals surface area contributed by atoms with Crippen LogP contribution in [-0.2, 0) is 9.53 Å². The Labute approximate surface area is 181 Å². The van der Waals surface area contributed by atoms with Crippen molar-refractivity contribution in [3.8, 4) is 17.1 Å². The number of phenols is 1. The topological polar surface area (TPSA) is 87.6 Å². The molecule has 7 heteroatoms. The van der Waals surface area contributed by atoms with Crippen LogP contribution >= 0.6 is 0 Å². The molecule has 160 valence electrons. The van der Waals surface area contributed by atoms with Crippen molar-refractivity contribution in [2.45, 2.75) is 38.3 Å². The van der Waals surface area contributed by atoms with Gasteiger partial charge in [-0.15, -0.1) is 0 Å². The molecule has 3 aromatic rings. The van der Waals surface area contributed by atoms with Gasteiger partial charge in [-0.05, 0) is 56.0 Å². The number of ether oxygens (including phenoxy) is 1. The first kappa shape index (κ1) is 19.8. The molecular weight excluding hydrogens is 392 g/mol. The molecule has 5 rings (SSSR count). The summed E-state index contributed by atoms with van der Waals surface area (Å²) in [5.74, 6) is 1.47. The van der Waals surface area contributed by atoms with Crippen molar-refractivity contribution in [2.24, 2.45) is 0 Å². The minimum Gasteiger partial charge on any atom is -0.507 e. The molecule has 2 N–H and O–H groups in total. The smallest absolute Gasteiger partial charge is 0.249 e. The summed E-state index contributed by atoms with van der Waals surface area (Å²) in [6.45, 7) is 4.17. The van der Waals surface area contributed by atoms with Gasteiger partial charge in [0.1, 0.15) is 17.7 Å². The normalized spacial score (nSPS) is 21.0. The van der Waals surface area contributed by atoms with E-state index in [4.69, 9.17) is 14.7 Å². The number of fused-ring (bicyclic) bond motifs is 1. The third-order valence-corrected chi connectivity index (χ3v) is 6.03. The molecule has 0 unspecified atom stereocenters. The number of amides is 1. The number of hydrogen-bond donors (Lipinski definition) is 2. The molecule has 2 aliphatic heterocycles. The van der Waals surface area contributed by atoms with Gasteiger partial charge in [-0.25, -0.2) is 9.97 Å². The summed E-state index contributed by atoms with van der Waals surface area (Å²) in [6, 6.07) is 13.3. The standard InChI is InChI=1S/C24H26N4O3/c1-15-8-9-17-19(13-15)26-22(18-5-2-3-6-20(18)29)27-23(17)28-11-10-16(14-28)25-24(30)21-7-4-12-31-21/h2-3,5-6,8-9,13,16,21,29H,4,7,10-12,14H2,1H3,(H,25,30)/t16-,21+/m0/s1. The van der Waals surface area contributed by atoms with Gasteiger partial charge in [0.2, 0.25) is 5.91 Å². The van der Waals surface area contributed by atoms with Crippen molar-refractivity contribution < 1.29 is 14.6 Å². The zero-order valence-corrected chi connectivity index (χ0v) is 17.5. The average Bonchev–Trinajstić information content (AvgIpc) is 3.45. The number of benzene rings is 2. The van der Waals surface area contributed by atoms with Crippen LogP contribution in [0, 0.1) is 6.92 Å². The molecule has 0 saturated carbocycles. The van der Waals surface area contributed by atoms with Gasteiger partial charge >= 0.3 is 0 Å². The molecule has 2 saturated heterocycles. The second-order valence-electron chi connectivity index (χ2n) is 8.35. The maximum atomic E-state index is 12.5. The quantitative estimate of drug-likeness (QED) is 0.677. The zero-order chi connectivity index (χ0) is 21.4. The fraction of sp³-hybridized carbons (Fsp3) is 0.375. The number of nitrogens with one attached hydrogen (secondary N) is 1. The van der Waals surface area contributed by atoms with Gasteiger partial charge in [0.15, 0.2) is 5.82 Å². The van der Waals surface area contributed by atoms with Crippen molar-refractivity contribution in [1.29, 1.82) is 0 Å². The summed E-state index contributed by atoms with van der Waals surface area (Å²) < 4.78 is 5.51. The third kappa shape index (κ3) is 3.93. The Hall–Kier alpha value is -3.19. The van der Waals surface area contributed by atoms with Crippen LogP contribution in [0.1, 0.15) is 24.8 Å². The molecular formula is C24H26N4O3. The van der Waals surface area contributed by atoms with Gasteiger partial charge in [0.05, 0.1) is 11.1 Å². The van der Waals surface area contributed by atoms with Crippen molar-refractivity contribution in [2.75, 3.05) is 24.6 Å². The summed E-state index contributed by atoms with van der Waals surface area (Å²) >= 11 is 0. The van der Waals surface area contributed by atoms with Crippen LogP contribution in [0.3, 0.4) is 0 Å². The second-order valence-corrected chi connectivity index (χ2v) is 8.35. The highest BCUT2D eigenvalue weighted by molar-refractivity contribution is 5.92. The number of rotatable bonds is 4. The Morgan fingerprint density at radius 2 is 2.06 bits per heavy atom. The van der Waals surface area contributed by atoms with Gasteiger partial charge in [-0.1, -0.05) is 18.2 Å². The summed E-state index contributed by atoms with van der Waals surface area (Å²) in [5, 5.41) is 14.5. The third-order valence-electron chi connectivity index (χ3n) is 6.03. The van der Waals surface area contributed by atoms with Crippen LogP contribution in [0.25, 0.3) is 22.3 Å². The Balaban J connectivity index is 1.46. The first-order chi connectivity index (χ1) is 15.1. The highest BCUT2D eigenvalue weighted by Gasteiger charge is 2.30. The van der Waals surface area contributed by atoms with Gasteiger partial charge in [0, 0.05) is 31.1 Å². The minimum atomic E-state index is -0.315. The lowest BCUT2D eigenvalue weighted by Gasteiger charge is -2.21. The van der Waals surface area contributed by atoms with Crippen molar-refractivity contribution in [3.63, 3.8) is 0 Å². The summed E-state index contributed by atoms with van der Waals surface area (Å²) in [6.07, 6.45) is 2.27. The van der Waals surface area contributed by atoms with E-state index in [-0.39, 0.29) is 23.8 Å². The molecule has 0 spiro atoms. The van der Waals surface area contributed by atoms with E-state index in [0.29, 0.717) is 24.5 Å².